The van der Waals surface area contributed by atoms with Crippen LogP contribution >= 0.6 is 11.5 Å². The van der Waals surface area contributed by atoms with Crippen LogP contribution in [0.3, 0.4) is 0 Å². The topological polar surface area (TPSA) is 94.3 Å². The second-order valence-corrected chi connectivity index (χ2v) is 7.04. The highest BCUT2D eigenvalue weighted by Crippen LogP contribution is 2.31. The van der Waals surface area contributed by atoms with Crippen molar-refractivity contribution in [2.24, 2.45) is 0 Å². The number of ether oxygens (including phenoxy) is 1. The maximum Gasteiger partial charge on any atom is 0.182 e. The Hall–Kier alpha value is -0.860. The number of hydrogen-bond acceptors (Lipinski definition) is 7. The first-order chi connectivity index (χ1) is 7.67. The van der Waals surface area contributed by atoms with Gasteiger partial charge in [0.15, 0.2) is 15.7 Å². The summed E-state index contributed by atoms with van der Waals surface area (Å²) >= 11 is 1.03. The van der Waals surface area contributed by atoms with Gasteiger partial charge in [0.1, 0.15) is 9.90 Å². The molecule has 0 radical (unpaired) electrons. The highest BCUT2D eigenvalue weighted by atomic mass is 32.2. The van der Waals surface area contributed by atoms with Gasteiger partial charge in [0.2, 0.25) is 0 Å². The van der Waals surface area contributed by atoms with Gasteiger partial charge >= 0.3 is 0 Å². The number of nitrogen functional groups attached to an aromatic ring is 1. The Morgan fingerprint density at radius 1 is 1.53 bits per heavy atom. The van der Waals surface area contributed by atoms with Crippen LogP contribution < -0.4 is 11.1 Å². The second-order valence-electron chi connectivity index (χ2n) is 4.32. The minimum Gasteiger partial charge on any atom is -0.382 e. The Bertz CT molecular complexity index is 494. The van der Waals surface area contributed by atoms with Crippen LogP contribution in [0.1, 0.15) is 13.8 Å². The van der Waals surface area contributed by atoms with Gasteiger partial charge in [0.25, 0.3) is 0 Å². The quantitative estimate of drug-likeness (QED) is 0.834. The minimum atomic E-state index is -3.38. The highest BCUT2D eigenvalue weighted by molar-refractivity contribution is 7.91. The van der Waals surface area contributed by atoms with Crippen molar-refractivity contribution in [1.82, 2.24) is 4.37 Å². The maximum atomic E-state index is 11.5. The Labute approximate surface area is 105 Å². The lowest BCUT2D eigenvalue weighted by Gasteiger charge is -2.23. The van der Waals surface area contributed by atoms with Crippen LogP contribution in [0.4, 0.5) is 10.8 Å². The zero-order valence-electron chi connectivity index (χ0n) is 10.3. The summed E-state index contributed by atoms with van der Waals surface area (Å²) in [5.41, 5.74) is 5.15. The van der Waals surface area contributed by atoms with Crippen molar-refractivity contribution in [3.05, 3.63) is 0 Å². The molecule has 3 N–H and O–H groups in total. The van der Waals surface area contributed by atoms with Gasteiger partial charge < -0.3 is 15.8 Å². The van der Waals surface area contributed by atoms with Crippen molar-refractivity contribution in [3.63, 3.8) is 0 Å². The number of nitrogens with zero attached hydrogens (tertiary/aromatic N) is 1. The molecule has 98 valence electrons. The summed E-state index contributed by atoms with van der Waals surface area (Å²) < 4.78 is 32.2. The standard InChI is InChI=1S/C9H17N3O3S2/c1-9(2,15-3)5-11-8-6(17(4,13)14)7(10)12-16-8/h11H,5H2,1-4H3,(H2,10,12). The fourth-order valence-electron chi connectivity index (χ4n) is 1.13. The summed E-state index contributed by atoms with van der Waals surface area (Å²) in [5.74, 6) is 0.0372. The summed E-state index contributed by atoms with van der Waals surface area (Å²) in [5, 5.41) is 3.46. The molecule has 0 unspecified atom stereocenters. The van der Waals surface area contributed by atoms with E-state index in [2.05, 4.69) is 9.69 Å². The average molecular weight is 279 g/mol. The summed E-state index contributed by atoms with van der Waals surface area (Å²) in [6.07, 6.45) is 1.11. The number of sulfone groups is 1. The van der Waals surface area contributed by atoms with Gasteiger partial charge in [0.05, 0.1) is 5.60 Å². The van der Waals surface area contributed by atoms with Crippen molar-refractivity contribution in [3.8, 4) is 0 Å². The molecule has 1 rings (SSSR count). The van der Waals surface area contributed by atoms with E-state index < -0.39 is 15.4 Å². The number of nitrogens with two attached hydrogens (primary N) is 1. The highest BCUT2D eigenvalue weighted by Gasteiger charge is 2.23. The lowest BCUT2D eigenvalue weighted by atomic mass is 10.1. The number of anilines is 2. The molecule has 0 amide bonds. The fourth-order valence-corrected chi connectivity index (χ4v) is 3.19. The molecule has 0 bridgehead atoms. The van der Waals surface area contributed by atoms with Gasteiger partial charge in [-0.15, -0.1) is 0 Å². The fraction of sp³-hybridized carbons (Fsp3) is 0.667. The molecule has 1 aromatic rings. The predicted octanol–water partition coefficient (Wildman–Crippen LogP) is 0.966. The number of methoxy groups -OCH3 is 1. The summed E-state index contributed by atoms with van der Waals surface area (Å²) in [6, 6.07) is 0. The van der Waals surface area contributed by atoms with Gasteiger partial charge in [-0.2, -0.15) is 4.37 Å². The largest absolute Gasteiger partial charge is 0.382 e. The predicted molar refractivity (Wildman–Crippen MR) is 69.2 cm³/mol. The summed E-state index contributed by atoms with van der Waals surface area (Å²) in [6.45, 7) is 4.25. The second kappa shape index (κ2) is 4.79. The Morgan fingerprint density at radius 3 is 2.59 bits per heavy atom. The lowest BCUT2D eigenvalue weighted by molar-refractivity contribution is 0.0344. The van der Waals surface area contributed by atoms with Crippen LogP contribution in [-0.4, -0.2) is 38.3 Å². The van der Waals surface area contributed by atoms with Gasteiger partial charge in [-0.1, -0.05) is 0 Å². The molecular weight excluding hydrogens is 262 g/mol. The smallest absolute Gasteiger partial charge is 0.182 e. The third-order valence-corrected chi connectivity index (χ3v) is 4.38. The molecule has 6 nitrogen and oxygen atoms in total. The van der Waals surface area contributed by atoms with Crippen LogP contribution in [0.5, 0.6) is 0 Å². The van der Waals surface area contributed by atoms with Crippen molar-refractivity contribution >= 4 is 32.2 Å². The first kappa shape index (κ1) is 14.2. The van der Waals surface area contributed by atoms with Gasteiger partial charge in [-0.25, -0.2) is 8.42 Å². The van der Waals surface area contributed by atoms with E-state index in [1.54, 1.807) is 7.11 Å². The normalized spacial score (nSPS) is 12.7. The molecular formula is C9H17N3O3S2. The van der Waals surface area contributed by atoms with Crippen LogP contribution in [0.25, 0.3) is 0 Å². The van der Waals surface area contributed by atoms with Crippen LogP contribution in [0, 0.1) is 0 Å². The van der Waals surface area contributed by atoms with E-state index in [0.29, 0.717) is 11.5 Å². The molecule has 1 aromatic heterocycles. The molecule has 17 heavy (non-hydrogen) atoms. The molecule has 8 heteroatoms. The lowest BCUT2D eigenvalue weighted by Crippen LogP contribution is -2.32. The van der Waals surface area contributed by atoms with Gasteiger partial charge in [0, 0.05) is 19.9 Å². The van der Waals surface area contributed by atoms with Crippen LogP contribution in [-0.2, 0) is 14.6 Å². The van der Waals surface area contributed by atoms with Gasteiger partial charge in [-0.05, 0) is 25.4 Å². The third kappa shape index (κ3) is 3.55. The molecule has 0 saturated carbocycles. The maximum absolute atomic E-state index is 11.5. The van der Waals surface area contributed by atoms with Gasteiger partial charge in [-0.3, -0.25) is 0 Å². The van der Waals surface area contributed by atoms with Crippen molar-refractivity contribution in [2.75, 3.05) is 31.0 Å². The number of hydrogen-bond donors (Lipinski definition) is 2. The van der Waals surface area contributed by atoms with Crippen molar-refractivity contribution in [1.29, 1.82) is 0 Å². The van der Waals surface area contributed by atoms with E-state index in [-0.39, 0.29) is 10.7 Å². The van der Waals surface area contributed by atoms with Crippen molar-refractivity contribution < 1.29 is 13.2 Å². The first-order valence-corrected chi connectivity index (χ1v) is 7.58. The summed E-state index contributed by atoms with van der Waals surface area (Å²) in [7, 11) is -1.78. The third-order valence-electron chi connectivity index (χ3n) is 2.27. The molecule has 0 aliphatic rings. The Morgan fingerprint density at radius 2 is 2.12 bits per heavy atom. The number of nitrogens with one attached hydrogen (secondary N) is 1. The molecule has 0 saturated heterocycles. The molecule has 0 aliphatic heterocycles. The monoisotopic (exact) mass is 279 g/mol. The Kier molecular flexibility index (Phi) is 4.00. The zero-order valence-corrected chi connectivity index (χ0v) is 11.9. The Balaban J connectivity index is 2.95. The van der Waals surface area contributed by atoms with E-state index in [9.17, 15) is 8.42 Å². The van der Waals surface area contributed by atoms with E-state index in [1.165, 1.54) is 0 Å². The molecule has 0 atom stereocenters. The molecule has 0 aliphatic carbocycles. The number of aromatic nitrogens is 1. The van der Waals surface area contributed by atoms with E-state index in [1.807, 2.05) is 13.8 Å². The van der Waals surface area contributed by atoms with Crippen LogP contribution in [0.2, 0.25) is 0 Å². The minimum absolute atomic E-state index is 0.0372. The van der Waals surface area contributed by atoms with E-state index >= 15 is 0 Å². The molecule has 0 spiro atoms. The van der Waals surface area contributed by atoms with Crippen LogP contribution in [0.15, 0.2) is 4.90 Å². The van der Waals surface area contributed by atoms with E-state index in [0.717, 1.165) is 17.8 Å². The molecule has 1 heterocycles. The van der Waals surface area contributed by atoms with Crippen molar-refractivity contribution in [2.45, 2.75) is 24.3 Å². The molecule has 0 aromatic carbocycles. The summed E-state index contributed by atoms with van der Waals surface area (Å²) in [4.78, 5) is 0.0643. The molecule has 0 fully saturated rings. The number of rotatable bonds is 5. The van der Waals surface area contributed by atoms with E-state index in [4.69, 9.17) is 10.5 Å². The average Bonchev–Trinajstić information content (AvgIpc) is 2.56. The first-order valence-electron chi connectivity index (χ1n) is 4.91. The SMILES string of the molecule is COC(C)(C)CNc1snc(N)c1S(C)(=O)=O. The zero-order chi connectivity index (χ0) is 13.3.